The van der Waals surface area contributed by atoms with Crippen molar-refractivity contribution in [3.8, 4) is 0 Å². The Morgan fingerprint density at radius 2 is 1.82 bits per heavy atom. The minimum absolute atomic E-state index is 0.339. The molecular weight excluding hydrogens is 234 g/mol. The Morgan fingerprint density at radius 3 is 2.35 bits per heavy atom. The van der Waals surface area contributed by atoms with Gasteiger partial charge in [-0.25, -0.2) is 13.1 Å². The molecule has 1 N–H and O–H groups in total. The molecule has 17 heavy (non-hydrogen) atoms. The summed E-state index contributed by atoms with van der Waals surface area (Å²) < 4.78 is 26.6. The number of nitrogens with one attached hydrogen (secondary N) is 1. The standard InChI is InChI=1S/C13H21NO2S/c1-3-8-12(4-2)11-14-17(15,16)13-9-6-5-7-10-13/h5-7,9-10,12,14H,3-4,8,11H2,1-2H3. The summed E-state index contributed by atoms with van der Waals surface area (Å²) >= 11 is 0. The van der Waals surface area contributed by atoms with Crippen LogP contribution in [-0.4, -0.2) is 15.0 Å². The first-order chi connectivity index (χ1) is 8.10. The summed E-state index contributed by atoms with van der Waals surface area (Å²) in [5.74, 6) is 0.429. The van der Waals surface area contributed by atoms with Crippen LogP contribution in [0.1, 0.15) is 33.1 Å². The van der Waals surface area contributed by atoms with E-state index in [1.165, 1.54) is 0 Å². The van der Waals surface area contributed by atoms with Gasteiger partial charge in [-0.15, -0.1) is 0 Å². The van der Waals surface area contributed by atoms with E-state index in [1.54, 1.807) is 24.3 Å². The summed E-state index contributed by atoms with van der Waals surface area (Å²) in [4.78, 5) is 0.339. The van der Waals surface area contributed by atoms with Crippen LogP contribution >= 0.6 is 0 Å². The lowest BCUT2D eigenvalue weighted by Crippen LogP contribution is -2.29. The van der Waals surface area contributed by atoms with Crippen molar-refractivity contribution in [3.63, 3.8) is 0 Å². The van der Waals surface area contributed by atoms with Gasteiger partial charge in [0.05, 0.1) is 4.90 Å². The predicted molar refractivity (Wildman–Crippen MR) is 70.3 cm³/mol. The summed E-state index contributed by atoms with van der Waals surface area (Å²) in [7, 11) is -3.33. The molecule has 0 heterocycles. The van der Waals surface area contributed by atoms with E-state index in [-0.39, 0.29) is 0 Å². The van der Waals surface area contributed by atoms with Gasteiger partial charge in [0.1, 0.15) is 0 Å². The van der Waals surface area contributed by atoms with E-state index >= 15 is 0 Å². The minimum atomic E-state index is -3.33. The third-order valence-corrected chi connectivity index (χ3v) is 4.33. The van der Waals surface area contributed by atoms with Gasteiger partial charge in [-0.2, -0.15) is 0 Å². The van der Waals surface area contributed by atoms with E-state index in [0.717, 1.165) is 19.3 Å². The maximum atomic E-state index is 11.9. The zero-order valence-electron chi connectivity index (χ0n) is 10.5. The van der Waals surface area contributed by atoms with Crippen molar-refractivity contribution in [1.82, 2.24) is 4.72 Å². The summed E-state index contributed by atoms with van der Waals surface area (Å²) in [5, 5.41) is 0. The van der Waals surface area contributed by atoms with E-state index in [0.29, 0.717) is 17.4 Å². The smallest absolute Gasteiger partial charge is 0.211 e. The van der Waals surface area contributed by atoms with E-state index in [9.17, 15) is 8.42 Å². The maximum absolute atomic E-state index is 11.9. The number of rotatable bonds is 7. The third-order valence-electron chi connectivity index (χ3n) is 2.89. The molecule has 0 fully saturated rings. The van der Waals surface area contributed by atoms with E-state index in [4.69, 9.17) is 0 Å². The molecule has 1 atom stereocenters. The lowest BCUT2D eigenvalue weighted by Gasteiger charge is -2.14. The minimum Gasteiger partial charge on any atom is -0.211 e. The fourth-order valence-corrected chi connectivity index (χ4v) is 2.91. The number of benzene rings is 1. The normalized spacial score (nSPS) is 13.5. The number of sulfonamides is 1. The van der Waals surface area contributed by atoms with Crippen LogP contribution in [0, 0.1) is 5.92 Å². The summed E-state index contributed by atoms with van der Waals surface area (Å²) in [5.41, 5.74) is 0. The van der Waals surface area contributed by atoms with Crippen molar-refractivity contribution in [1.29, 1.82) is 0 Å². The second-order valence-electron chi connectivity index (χ2n) is 4.23. The highest BCUT2D eigenvalue weighted by atomic mass is 32.2. The molecule has 4 heteroatoms. The molecule has 1 rings (SSSR count). The molecule has 3 nitrogen and oxygen atoms in total. The first-order valence-corrected chi connectivity index (χ1v) is 7.63. The van der Waals surface area contributed by atoms with Crippen LogP contribution < -0.4 is 4.72 Å². The quantitative estimate of drug-likeness (QED) is 0.814. The number of hydrogen-bond donors (Lipinski definition) is 1. The fourth-order valence-electron chi connectivity index (χ4n) is 1.77. The van der Waals surface area contributed by atoms with Gasteiger partial charge in [0.25, 0.3) is 0 Å². The Hall–Kier alpha value is -0.870. The van der Waals surface area contributed by atoms with E-state index < -0.39 is 10.0 Å². The second-order valence-corrected chi connectivity index (χ2v) is 5.99. The molecule has 0 aromatic heterocycles. The molecular formula is C13H21NO2S. The molecule has 0 amide bonds. The fraction of sp³-hybridized carbons (Fsp3) is 0.538. The summed E-state index contributed by atoms with van der Waals surface area (Å²) in [6, 6.07) is 8.51. The molecule has 1 aromatic carbocycles. The Bertz CT molecular complexity index is 414. The third kappa shape index (κ3) is 4.48. The van der Waals surface area contributed by atoms with Crippen molar-refractivity contribution in [2.45, 2.75) is 38.0 Å². The van der Waals surface area contributed by atoms with Gasteiger partial charge < -0.3 is 0 Å². The summed E-state index contributed by atoms with van der Waals surface area (Å²) in [6.45, 7) is 4.74. The highest BCUT2D eigenvalue weighted by Crippen LogP contribution is 2.12. The lowest BCUT2D eigenvalue weighted by molar-refractivity contribution is 0.455. The van der Waals surface area contributed by atoms with Crippen LogP contribution in [0.15, 0.2) is 35.2 Å². The molecule has 0 radical (unpaired) electrons. The zero-order chi connectivity index (χ0) is 12.7. The van der Waals surface area contributed by atoms with Crippen LogP contribution in [0.4, 0.5) is 0 Å². The Kier molecular flexibility index (Phi) is 5.65. The van der Waals surface area contributed by atoms with Crippen molar-refractivity contribution in [2.75, 3.05) is 6.54 Å². The highest BCUT2D eigenvalue weighted by Gasteiger charge is 2.15. The molecule has 1 aromatic rings. The molecule has 0 saturated heterocycles. The SMILES string of the molecule is CCCC(CC)CNS(=O)(=O)c1ccccc1. The largest absolute Gasteiger partial charge is 0.240 e. The first kappa shape index (κ1) is 14.2. The Balaban J connectivity index is 2.62. The van der Waals surface area contributed by atoms with Crippen LogP contribution in [0.3, 0.4) is 0 Å². The lowest BCUT2D eigenvalue weighted by atomic mass is 10.0. The van der Waals surface area contributed by atoms with Gasteiger partial charge in [0.15, 0.2) is 0 Å². The van der Waals surface area contributed by atoms with E-state index in [2.05, 4.69) is 18.6 Å². The molecule has 0 aliphatic heterocycles. The van der Waals surface area contributed by atoms with Gasteiger partial charge in [-0.1, -0.05) is 44.9 Å². The maximum Gasteiger partial charge on any atom is 0.240 e. The van der Waals surface area contributed by atoms with Gasteiger partial charge in [0.2, 0.25) is 10.0 Å². The average Bonchev–Trinajstić information content (AvgIpc) is 2.35. The highest BCUT2D eigenvalue weighted by molar-refractivity contribution is 7.89. The predicted octanol–water partition coefficient (Wildman–Crippen LogP) is 2.79. The number of hydrogen-bond acceptors (Lipinski definition) is 2. The van der Waals surface area contributed by atoms with E-state index in [1.807, 2.05) is 6.07 Å². The van der Waals surface area contributed by atoms with Crippen molar-refractivity contribution < 1.29 is 8.42 Å². The molecule has 0 bridgehead atoms. The molecule has 0 saturated carbocycles. The van der Waals surface area contributed by atoms with Crippen molar-refractivity contribution in [2.24, 2.45) is 5.92 Å². The van der Waals surface area contributed by atoms with Crippen LogP contribution in [0.25, 0.3) is 0 Å². The van der Waals surface area contributed by atoms with Gasteiger partial charge in [-0.05, 0) is 24.5 Å². The molecule has 0 aliphatic rings. The molecule has 0 spiro atoms. The van der Waals surface area contributed by atoms with Crippen molar-refractivity contribution >= 4 is 10.0 Å². The topological polar surface area (TPSA) is 46.2 Å². The second kappa shape index (κ2) is 6.77. The first-order valence-electron chi connectivity index (χ1n) is 6.14. The van der Waals surface area contributed by atoms with Crippen LogP contribution in [0.5, 0.6) is 0 Å². The zero-order valence-corrected chi connectivity index (χ0v) is 11.3. The molecule has 1 unspecified atom stereocenters. The van der Waals surface area contributed by atoms with Gasteiger partial charge >= 0.3 is 0 Å². The van der Waals surface area contributed by atoms with Gasteiger partial charge in [0, 0.05) is 6.54 Å². The summed E-state index contributed by atoms with van der Waals surface area (Å²) in [6.07, 6.45) is 3.16. The Morgan fingerprint density at radius 1 is 1.18 bits per heavy atom. The monoisotopic (exact) mass is 255 g/mol. The van der Waals surface area contributed by atoms with Gasteiger partial charge in [-0.3, -0.25) is 0 Å². The van der Waals surface area contributed by atoms with Crippen LogP contribution in [0.2, 0.25) is 0 Å². The molecule has 96 valence electrons. The average molecular weight is 255 g/mol. The Labute approximate surface area is 104 Å². The van der Waals surface area contributed by atoms with Crippen molar-refractivity contribution in [3.05, 3.63) is 30.3 Å². The van der Waals surface area contributed by atoms with Crippen LogP contribution in [-0.2, 0) is 10.0 Å². The molecule has 0 aliphatic carbocycles.